The van der Waals surface area contributed by atoms with Gasteiger partial charge in [0.1, 0.15) is 11.4 Å². The van der Waals surface area contributed by atoms with E-state index in [4.69, 9.17) is 14.2 Å². The molecule has 3 aliphatic rings. The Bertz CT molecular complexity index is 693. The number of halogens is 1. The van der Waals surface area contributed by atoms with Gasteiger partial charge in [0.15, 0.2) is 18.4 Å². The van der Waals surface area contributed by atoms with Gasteiger partial charge in [-0.05, 0) is 55.7 Å². The second-order valence-electron chi connectivity index (χ2n) is 9.12. The average molecular weight is 394 g/mol. The van der Waals surface area contributed by atoms with Crippen molar-refractivity contribution in [1.29, 1.82) is 0 Å². The Labute approximate surface area is 165 Å². The maximum absolute atomic E-state index is 13.1. The minimum absolute atomic E-state index is 0.0192. The van der Waals surface area contributed by atoms with Crippen LogP contribution in [0.3, 0.4) is 0 Å². The summed E-state index contributed by atoms with van der Waals surface area (Å²) < 4.78 is 31.2. The largest absolute Gasteiger partial charge is 0.384 e. The smallest absolute Gasteiger partial charge is 0.193 e. The molecule has 1 saturated carbocycles. The van der Waals surface area contributed by atoms with Gasteiger partial charge in [-0.1, -0.05) is 26.0 Å². The van der Waals surface area contributed by atoms with Crippen LogP contribution in [0.2, 0.25) is 0 Å². The Balaban J connectivity index is 1.57. The van der Waals surface area contributed by atoms with Crippen LogP contribution in [0.25, 0.3) is 0 Å². The molecule has 0 radical (unpaired) electrons. The summed E-state index contributed by atoms with van der Waals surface area (Å²) in [6.45, 7) is 6.12. The lowest BCUT2D eigenvalue weighted by molar-refractivity contribution is -0.409. The second-order valence-corrected chi connectivity index (χ2v) is 9.12. The summed E-state index contributed by atoms with van der Waals surface area (Å²) in [5, 5.41) is 22.4. The van der Waals surface area contributed by atoms with Gasteiger partial charge in [0.05, 0.1) is 6.61 Å². The highest BCUT2D eigenvalue weighted by atomic mass is 19.1. The first-order chi connectivity index (χ1) is 13.2. The van der Waals surface area contributed by atoms with Crippen LogP contribution in [-0.2, 0) is 20.8 Å². The van der Waals surface area contributed by atoms with Gasteiger partial charge in [0, 0.05) is 18.3 Å². The summed E-state index contributed by atoms with van der Waals surface area (Å²) in [7, 11) is 0. The van der Waals surface area contributed by atoms with Crippen LogP contribution in [0, 0.1) is 29.5 Å². The third-order valence-corrected chi connectivity index (χ3v) is 7.11. The standard InChI is InChI=1S/C22H31FO5/c1-13-4-9-18-14(2)19(26-12-15-5-7-16(23)8-6-15)27-20-22(18,25)17(13)10-11-21(3,24)28-20/h5-8,13-14,17-20,24-25H,4,9-12H2,1-3H3/t13-,14-,17?,18?,19?,20-,21?,22-/m1/s1. The molecule has 2 aliphatic heterocycles. The molecule has 0 bridgehead atoms. The van der Waals surface area contributed by atoms with Crippen LogP contribution in [0.4, 0.5) is 4.39 Å². The lowest BCUT2D eigenvalue weighted by Crippen LogP contribution is -2.67. The zero-order valence-corrected chi connectivity index (χ0v) is 16.8. The number of hydrogen-bond acceptors (Lipinski definition) is 5. The van der Waals surface area contributed by atoms with Crippen molar-refractivity contribution in [3.8, 4) is 0 Å². The maximum atomic E-state index is 13.1. The quantitative estimate of drug-likeness (QED) is 0.820. The van der Waals surface area contributed by atoms with Crippen molar-refractivity contribution < 1.29 is 28.8 Å². The average Bonchev–Trinajstić information content (AvgIpc) is 2.74. The first kappa shape index (κ1) is 20.2. The Morgan fingerprint density at radius 3 is 2.54 bits per heavy atom. The van der Waals surface area contributed by atoms with Crippen LogP contribution in [0.5, 0.6) is 0 Å². The van der Waals surface area contributed by atoms with Gasteiger partial charge in [-0.2, -0.15) is 0 Å². The van der Waals surface area contributed by atoms with E-state index in [2.05, 4.69) is 6.92 Å². The van der Waals surface area contributed by atoms with Crippen LogP contribution in [0.15, 0.2) is 24.3 Å². The molecule has 8 atom stereocenters. The van der Waals surface area contributed by atoms with Gasteiger partial charge in [0.2, 0.25) is 0 Å². The van der Waals surface area contributed by atoms with Crippen molar-refractivity contribution in [3.05, 3.63) is 35.6 Å². The van der Waals surface area contributed by atoms with Gasteiger partial charge in [-0.3, -0.25) is 0 Å². The maximum Gasteiger partial charge on any atom is 0.193 e. The van der Waals surface area contributed by atoms with E-state index in [1.165, 1.54) is 12.1 Å². The van der Waals surface area contributed by atoms with Gasteiger partial charge in [-0.15, -0.1) is 0 Å². The van der Waals surface area contributed by atoms with Crippen LogP contribution >= 0.6 is 0 Å². The summed E-state index contributed by atoms with van der Waals surface area (Å²) in [4.78, 5) is 0. The van der Waals surface area contributed by atoms with Gasteiger partial charge >= 0.3 is 0 Å². The fourth-order valence-electron chi connectivity index (χ4n) is 5.48. The fourth-order valence-corrected chi connectivity index (χ4v) is 5.48. The molecule has 2 saturated heterocycles. The van der Waals surface area contributed by atoms with E-state index < -0.39 is 24.0 Å². The molecule has 0 spiro atoms. The number of hydrogen-bond donors (Lipinski definition) is 2. The number of ether oxygens (including phenoxy) is 3. The molecule has 3 fully saturated rings. The summed E-state index contributed by atoms with van der Waals surface area (Å²) in [5.41, 5.74) is -0.283. The van der Waals surface area contributed by atoms with Crippen molar-refractivity contribution >= 4 is 0 Å². The molecule has 0 amide bonds. The summed E-state index contributed by atoms with van der Waals surface area (Å²) in [5.74, 6) is -1.32. The predicted molar refractivity (Wildman–Crippen MR) is 100 cm³/mol. The molecular weight excluding hydrogens is 363 g/mol. The molecule has 28 heavy (non-hydrogen) atoms. The zero-order valence-electron chi connectivity index (χ0n) is 16.8. The molecular formula is C22H31FO5. The van der Waals surface area contributed by atoms with E-state index in [9.17, 15) is 14.6 Å². The van der Waals surface area contributed by atoms with Crippen molar-refractivity contribution in [3.63, 3.8) is 0 Å². The number of rotatable bonds is 3. The molecule has 4 unspecified atom stereocenters. The minimum atomic E-state index is -1.34. The highest BCUT2D eigenvalue weighted by molar-refractivity contribution is 5.15. The van der Waals surface area contributed by atoms with Gasteiger partial charge < -0.3 is 24.4 Å². The van der Waals surface area contributed by atoms with Gasteiger partial charge in [-0.25, -0.2) is 4.39 Å². The van der Waals surface area contributed by atoms with Crippen molar-refractivity contribution in [2.45, 2.75) is 77.0 Å². The Hall–Kier alpha value is -1.05. The van der Waals surface area contributed by atoms with Crippen molar-refractivity contribution in [2.24, 2.45) is 23.7 Å². The Morgan fingerprint density at radius 1 is 1.11 bits per heavy atom. The molecule has 6 heteroatoms. The molecule has 4 rings (SSSR count). The summed E-state index contributed by atoms with van der Waals surface area (Å²) >= 11 is 0. The van der Waals surface area contributed by atoms with Crippen LogP contribution < -0.4 is 0 Å². The van der Waals surface area contributed by atoms with E-state index in [0.717, 1.165) is 18.4 Å². The predicted octanol–water partition coefficient (Wildman–Crippen LogP) is 3.57. The SMILES string of the molecule is C[C@H]1C(OCc2ccc(F)cc2)O[C@@H]2OC(C)(O)CCC3[C@H](C)CCC1[C@]32O. The van der Waals surface area contributed by atoms with E-state index >= 15 is 0 Å². The van der Waals surface area contributed by atoms with Crippen molar-refractivity contribution in [1.82, 2.24) is 0 Å². The Kier molecular flexibility index (Phi) is 5.30. The monoisotopic (exact) mass is 394 g/mol. The molecule has 5 nitrogen and oxygen atoms in total. The fraction of sp³-hybridized carbons (Fsp3) is 0.727. The summed E-state index contributed by atoms with van der Waals surface area (Å²) in [6.07, 6.45) is 1.57. The van der Waals surface area contributed by atoms with Gasteiger partial charge in [0.25, 0.3) is 0 Å². The molecule has 1 aromatic rings. The number of aliphatic hydroxyl groups is 2. The topological polar surface area (TPSA) is 68.2 Å². The first-order valence-corrected chi connectivity index (χ1v) is 10.3. The van der Waals surface area contributed by atoms with Crippen LogP contribution in [-0.4, -0.2) is 34.2 Å². The van der Waals surface area contributed by atoms with E-state index in [1.807, 2.05) is 6.92 Å². The van der Waals surface area contributed by atoms with Crippen LogP contribution in [0.1, 0.15) is 52.0 Å². The first-order valence-electron chi connectivity index (χ1n) is 10.3. The summed E-state index contributed by atoms with van der Waals surface area (Å²) in [6, 6.07) is 6.18. The zero-order chi connectivity index (χ0) is 20.1. The molecule has 0 aromatic heterocycles. The minimum Gasteiger partial charge on any atom is -0.384 e. The Morgan fingerprint density at radius 2 is 1.82 bits per heavy atom. The molecule has 1 aromatic carbocycles. The highest BCUT2D eigenvalue weighted by Gasteiger charge is 2.63. The highest BCUT2D eigenvalue weighted by Crippen LogP contribution is 2.55. The molecule has 2 N–H and O–H groups in total. The molecule has 2 heterocycles. The number of benzene rings is 1. The third-order valence-electron chi connectivity index (χ3n) is 7.11. The van der Waals surface area contributed by atoms with E-state index in [-0.39, 0.29) is 30.2 Å². The lowest BCUT2D eigenvalue weighted by atomic mass is 9.58. The van der Waals surface area contributed by atoms with E-state index in [1.54, 1.807) is 19.1 Å². The molecule has 1 aliphatic carbocycles. The normalized spacial score (nSPS) is 45.9. The molecule has 156 valence electrons. The van der Waals surface area contributed by atoms with E-state index in [0.29, 0.717) is 18.8 Å². The third kappa shape index (κ3) is 3.50. The lowest BCUT2D eigenvalue weighted by Gasteiger charge is -2.57. The van der Waals surface area contributed by atoms with Crippen molar-refractivity contribution in [2.75, 3.05) is 0 Å². The second kappa shape index (κ2) is 7.33.